The van der Waals surface area contributed by atoms with Crippen molar-refractivity contribution in [2.24, 2.45) is 5.73 Å². The van der Waals surface area contributed by atoms with Crippen molar-refractivity contribution in [3.8, 4) is 5.75 Å². The molecule has 4 heteroatoms. The van der Waals surface area contributed by atoms with Gasteiger partial charge in [-0.05, 0) is 41.6 Å². The standard InChI is InChI=1S/C13H14ClNOS/c1-8-5-6-17-13(8)12(15)9-3-4-10(14)11(7-9)16-2/h3-7,12H,15H2,1-2H3. The Labute approximate surface area is 110 Å². The molecule has 2 nitrogen and oxygen atoms in total. The van der Waals surface area contributed by atoms with Crippen LogP contribution in [0.15, 0.2) is 29.6 Å². The van der Waals surface area contributed by atoms with Gasteiger partial charge in [0.1, 0.15) is 5.75 Å². The molecule has 0 saturated carbocycles. The highest BCUT2D eigenvalue weighted by molar-refractivity contribution is 7.10. The molecule has 1 unspecified atom stereocenters. The van der Waals surface area contributed by atoms with Crippen LogP contribution < -0.4 is 10.5 Å². The largest absolute Gasteiger partial charge is 0.495 e. The van der Waals surface area contributed by atoms with Crippen molar-refractivity contribution in [3.05, 3.63) is 50.7 Å². The van der Waals surface area contributed by atoms with Gasteiger partial charge >= 0.3 is 0 Å². The number of nitrogens with two attached hydrogens (primary N) is 1. The number of ether oxygens (including phenoxy) is 1. The Balaban J connectivity index is 2.38. The summed E-state index contributed by atoms with van der Waals surface area (Å²) in [5.41, 5.74) is 8.48. The van der Waals surface area contributed by atoms with Gasteiger partial charge in [-0.1, -0.05) is 17.7 Å². The van der Waals surface area contributed by atoms with E-state index < -0.39 is 0 Å². The van der Waals surface area contributed by atoms with Crippen molar-refractivity contribution in [2.75, 3.05) is 7.11 Å². The van der Waals surface area contributed by atoms with Crippen LogP contribution in [0.2, 0.25) is 5.02 Å². The van der Waals surface area contributed by atoms with Crippen molar-refractivity contribution in [1.29, 1.82) is 0 Å². The number of methoxy groups -OCH3 is 1. The van der Waals surface area contributed by atoms with Gasteiger partial charge in [0.2, 0.25) is 0 Å². The molecule has 2 aromatic rings. The predicted octanol–water partition coefficient (Wildman–Crippen LogP) is 3.77. The molecule has 0 aliphatic carbocycles. The minimum Gasteiger partial charge on any atom is -0.495 e. The number of hydrogen-bond donors (Lipinski definition) is 1. The van der Waals surface area contributed by atoms with Crippen LogP contribution in [0, 0.1) is 6.92 Å². The van der Waals surface area contributed by atoms with Crippen LogP contribution in [0.1, 0.15) is 22.0 Å². The summed E-state index contributed by atoms with van der Waals surface area (Å²) in [6.45, 7) is 2.07. The van der Waals surface area contributed by atoms with Gasteiger partial charge in [0, 0.05) is 4.88 Å². The molecule has 1 heterocycles. The minimum absolute atomic E-state index is 0.124. The van der Waals surface area contributed by atoms with Crippen molar-refractivity contribution in [1.82, 2.24) is 0 Å². The van der Waals surface area contributed by atoms with Gasteiger partial charge in [-0.15, -0.1) is 11.3 Å². The zero-order chi connectivity index (χ0) is 12.4. The summed E-state index contributed by atoms with van der Waals surface area (Å²) in [5.74, 6) is 0.661. The molecule has 1 aromatic carbocycles. The summed E-state index contributed by atoms with van der Waals surface area (Å²) in [7, 11) is 1.60. The average molecular weight is 268 g/mol. The summed E-state index contributed by atoms with van der Waals surface area (Å²) >= 11 is 7.67. The van der Waals surface area contributed by atoms with Crippen molar-refractivity contribution in [3.63, 3.8) is 0 Å². The van der Waals surface area contributed by atoms with Crippen LogP contribution in [-0.4, -0.2) is 7.11 Å². The molecule has 0 spiro atoms. The fourth-order valence-electron chi connectivity index (χ4n) is 1.72. The van der Waals surface area contributed by atoms with Gasteiger partial charge in [-0.25, -0.2) is 0 Å². The van der Waals surface area contributed by atoms with E-state index in [2.05, 4.69) is 18.4 Å². The molecule has 0 aliphatic rings. The van der Waals surface area contributed by atoms with Crippen LogP contribution in [0.3, 0.4) is 0 Å². The highest BCUT2D eigenvalue weighted by Crippen LogP contribution is 2.32. The topological polar surface area (TPSA) is 35.2 Å². The van der Waals surface area contributed by atoms with E-state index in [1.165, 1.54) is 10.4 Å². The summed E-state index contributed by atoms with van der Waals surface area (Å²) in [5, 5.41) is 2.66. The number of hydrogen-bond acceptors (Lipinski definition) is 3. The van der Waals surface area contributed by atoms with Gasteiger partial charge in [-0.2, -0.15) is 0 Å². The monoisotopic (exact) mass is 267 g/mol. The molecular weight excluding hydrogens is 254 g/mol. The first-order chi connectivity index (χ1) is 8.13. The molecule has 90 valence electrons. The third-order valence-corrected chi connectivity index (χ3v) is 4.13. The third-order valence-electron chi connectivity index (χ3n) is 2.72. The van der Waals surface area contributed by atoms with E-state index in [-0.39, 0.29) is 6.04 Å². The highest BCUT2D eigenvalue weighted by Gasteiger charge is 2.14. The number of rotatable bonds is 3. The van der Waals surface area contributed by atoms with Crippen molar-refractivity contribution in [2.45, 2.75) is 13.0 Å². The second kappa shape index (κ2) is 5.08. The van der Waals surface area contributed by atoms with E-state index in [0.29, 0.717) is 10.8 Å². The van der Waals surface area contributed by atoms with Crippen LogP contribution >= 0.6 is 22.9 Å². The highest BCUT2D eigenvalue weighted by atomic mass is 35.5. The van der Waals surface area contributed by atoms with E-state index in [1.807, 2.05) is 18.2 Å². The average Bonchev–Trinajstić information content (AvgIpc) is 2.75. The number of aryl methyl sites for hydroxylation is 1. The first-order valence-electron chi connectivity index (χ1n) is 5.26. The smallest absolute Gasteiger partial charge is 0.137 e. The molecule has 0 fully saturated rings. The Hall–Kier alpha value is -1.03. The number of thiophene rings is 1. The van der Waals surface area contributed by atoms with Crippen LogP contribution in [0.5, 0.6) is 5.75 Å². The Morgan fingerprint density at radius 3 is 2.71 bits per heavy atom. The van der Waals surface area contributed by atoms with Crippen LogP contribution in [0.4, 0.5) is 0 Å². The molecule has 17 heavy (non-hydrogen) atoms. The molecule has 1 atom stereocenters. The maximum atomic E-state index is 6.25. The Morgan fingerprint density at radius 2 is 2.12 bits per heavy atom. The van der Waals surface area contributed by atoms with Crippen LogP contribution in [0.25, 0.3) is 0 Å². The quantitative estimate of drug-likeness (QED) is 0.919. The summed E-state index contributed by atoms with van der Waals surface area (Å²) < 4.78 is 5.20. The molecule has 2 N–H and O–H groups in total. The van der Waals surface area contributed by atoms with E-state index in [1.54, 1.807) is 18.4 Å². The van der Waals surface area contributed by atoms with Crippen molar-refractivity contribution < 1.29 is 4.74 Å². The third kappa shape index (κ3) is 2.46. The second-order valence-electron chi connectivity index (χ2n) is 3.84. The van der Waals surface area contributed by atoms with E-state index >= 15 is 0 Å². The SMILES string of the molecule is COc1cc(C(N)c2sccc2C)ccc1Cl. The molecule has 0 aliphatic heterocycles. The molecule has 0 radical (unpaired) electrons. The van der Waals surface area contributed by atoms with Crippen molar-refractivity contribution >= 4 is 22.9 Å². The molecule has 2 rings (SSSR count). The Kier molecular flexibility index (Phi) is 3.72. The van der Waals surface area contributed by atoms with Gasteiger partial charge in [0.05, 0.1) is 18.2 Å². The summed E-state index contributed by atoms with van der Waals surface area (Å²) in [6.07, 6.45) is 0. The minimum atomic E-state index is -0.124. The van der Waals surface area contributed by atoms with E-state index in [9.17, 15) is 0 Å². The molecular formula is C13H14ClNOS. The lowest BCUT2D eigenvalue weighted by Gasteiger charge is -2.13. The Morgan fingerprint density at radius 1 is 1.35 bits per heavy atom. The molecule has 0 amide bonds. The lowest BCUT2D eigenvalue weighted by atomic mass is 10.0. The first-order valence-corrected chi connectivity index (χ1v) is 6.52. The fraction of sp³-hybridized carbons (Fsp3) is 0.231. The summed E-state index contributed by atoms with van der Waals surface area (Å²) in [6, 6.07) is 7.60. The molecule has 0 saturated heterocycles. The maximum Gasteiger partial charge on any atom is 0.137 e. The number of benzene rings is 1. The first kappa shape index (κ1) is 12.4. The zero-order valence-corrected chi connectivity index (χ0v) is 11.3. The summed E-state index contributed by atoms with van der Waals surface area (Å²) in [4.78, 5) is 1.18. The molecule has 0 bridgehead atoms. The van der Waals surface area contributed by atoms with E-state index in [4.69, 9.17) is 22.1 Å². The van der Waals surface area contributed by atoms with Gasteiger partial charge in [-0.3, -0.25) is 0 Å². The van der Waals surface area contributed by atoms with Gasteiger partial charge in [0.15, 0.2) is 0 Å². The molecule has 1 aromatic heterocycles. The lowest BCUT2D eigenvalue weighted by Crippen LogP contribution is -2.11. The normalized spacial score (nSPS) is 12.5. The maximum absolute atomic E-state index is 6.25. The number of halogens is 1. The van der Waals surface area contributed by atoms with E-state index in [0.717, 1.165) is 5.56 Å². The van der Waals surface area contributed by atoms with Gasteiger partial charge < -0.3 is 10.5 Å². The predicted molar refractivity (Wildman–Crippen MR) is 73.1 cm³/mol. The lowest BCUT2D eigenvalue weighted by molar-refractivity contribution is 0.414. The second-order valence-corrected chi connectivity index (χ2v) is 5.19. The fourth-order valence-corrected chi connectivity index (χ4v) is 2.87. The zero-order valence-electron chi connectivity index (χ0n) is 9.74. The van der Waals surface area contributed by atoms with Crippen LogP contribution in [-0.2, 0) is 0 Å². The van der Waals surface area contributed by atoms with Gasteiger partial charge in [0.25, 0.3) is 0 Å². The Bertz CT molecular complexity index is 524.